The molecule has 3 heteroatoms. The van der Waals surface area contributed by atoms with Gasteiger partial charge < -0.3 is 0 Å². The van der Waals surface area contributed by atoms with Gasteiger partial charge in [0.15, 0.2) is 0 Å². The summed E-state index contributed by atoms with van der Waals surface area (Å²) in [5.41, 5.74) is 2.41. The van der Waals surface area contributed by atoms with E-state index in [0.29, 0.717) is 6.61 Å². The summed E-state index contributed by atoms with van der Waals surface area (Å²) in [6, 6.07) is 8.32. The molecule has 1 rings (SSSR count). The van der Waals surface area contributed by atoms with Crippen molar-refractivity contribution in [3.8, 4) is 0 Å². The zero-order valence-electron chi connectivity index (χ0n) is 11.8. The van der Waals surface area contributed by atoms with E-state index in [2.05, 4.69) is 65.1 Å². The molecule has 0 radical (unpaired) electrons. The molecule has 0 spiro atoms. The van der Waals surface area contributed by atoms with E-state index in [1.165, 1.54) is 5.56 Å². The Morgan fingerprint density at radius 2 is 1.59 bits per heavy atom. The SMILES string of the molecule is Cc1ccc(COO[Si](C)(C)C(C)(C)C)cc1. The molecule has 2 nitrogen and oxygen atoms in total. The lowest BCUT2D eigenvalue weighted by molar-refractivity contribution is -0.231. The zero-order chi connectivity index (χ0) is 13.1. The molecule has 96 valence electrons. The highest BCUT2D eigenvalue weighted by Crippen LogP contribution is 2.36. The molecule has 0 saturated carbocycles. The second kappa shape index (κ2) is 5.34. The Morgan fingerprint density at radius 1 is 1.06 bits per heavy atom. The third-order valence-corrected chi connectivity index (χ3v) is 7.57. The molecular weight excluding hydrogens is 228 g/mol. The summed E-state index contributed by atoms with van der Waals surface area (Å²) in [5.74, 6) is 0. The molecule has 0 saturated heterocycles. The minimum absolute atomic E-state index is 0.181. The average Bonchev–Trinajstić information content (AvgIpc) is 2.19. The van der Waals surface area contributed by atoms with Crippen LogP contribution in [0.15, 0.2) is 24.3 Å². The maximum atomic E-state index is 5.67. The molecular formula is C14H24O2Si. The minimum Gasteiger partial charge on any atom is -0.286 e. The largest absolute Gasteiger partial charge is 0.286 e. The molecule has 0 unspecified atom stereocenters. The van der Waals surface area contributed by atoms with Crippen molar-refractivity contribution in [2.75, 3.05) is 0 Å². The van der Waals surface area contributed by atoms with E-state index < -0.39 is 8.32 Å². The lowest BCUT2D eigenvalue weighted by Crippen LogP contribution is -2.40. The van der Waals surface area contributed by atoms with Gasteiger partial charge in [-0.3, -0.25) is 4.58 Å². The van der Waals surface area contributed by atoms with Crippen LogP contribution in [0.2, 0.25) is 18.1 Å². The topological polar surface area (TPSA) is 18.5 Å². The normalized spacial score (nSPS) is 12.8. The molecule has 1 aromatic rings. The summed E-state index contributed by atoms with van der Waals surface area (Å²) < 4.78 is 5.67. The Labute approximate surface area is 106 Å². The summed E-state index contributed by atoms with van der Waals surface area (Å²) in [6.07, 6.45) is 0. The highest BCUT2D eigenvalue weighted by atomic mass is 28.4. The quantitative estimate of drug-likeness (QED) is 0.448. The van der Waals surface area contributed by atoms with Gasteiger partial charge in [-0.1, -0.05) is 50.6 Å². The van der Waals surface area contributed by atoms with Crippen LogP contribution in [-0.2, 0) is 16.1 Å². The van der Waals surface area contributed by atoms with Gasteiger partial charge in [0.25, 0.3) is 0 Å². The molecule has 0 fully saturated rings. The summed E-state index contributed by atoms with van der Waals surface area (Å²) in [4.78, 5) is 5.41. The van der Waals surface area contributed by atoms with Gasteiger partial charge in [-0.15, -0.1) is 0 Å². The first-order chi connectivity index (χ1) is 7.72. The standard InChI is InChI=1S/C14H24O2Si/c1-12-7-9-13(10-8-12)11-15-16-17(5,6)14(2,3)4/h7-10H,11H2,1-6H3. The van der Waals surface area contributed by atoms with Crippen LogP contribution < -0.4 is 0 Å². The number of hydrogen-bond donors (Lipinski definition) is 0. The summed E-state index contributed by atoms with van der Waals surface area (Å²) >= 11 is 0. The first kappa shape index (κ1) is 14.4. The third-order valence-electron chi connectivity index (χ3n) is 3.42. The van der Waals surface area contributed by atoms with Crippen molar-refractivity contribution in [2.24, 2.45) is 0 Å². The maximum Gasteiger partial charge on any atom is 0.238 e. The zero-order valence-corrected chi connectivity index (χ0v) is 12.8. The lowest BCUT2D eigenvalue weighted by Gasteiger charge is -2.34. The molecule has 0 bridgehead atoms. The molecule has 17 heavy (non-hydrogen) atoms. The lowest BCUT2D eigenvalue weighted by atomic mass is 10.2. The molecule has 0 aliphatic heterocycles. The Hall–Kier alpha value is -0.643. The average molecular weight is 252 g/mol. The van der Waals surface area contributed by atoms with Gasteiger partial charge in [-0.2, -0.15) is 0 Å². The maximum absolute atomic E-state index is 5.67. The van der Waals surface area contributed by atoms with Gasteiger partial charge in [0.1, 0.15) is 6.61 Å². The summed E-state index contributed by atoms with van der Waals surface area (Å²) in [6.45, 7) is 13.6. The Balaban J connectivity index is 2.45. The molecule has 1 aromatic carbocycles. The van der Waals surface area contributed by atoms with Crippen LogP contribution in [-0.4, -0.2) is 8.32 Å². The Bertz CT molecular complexity index is 349. The first-order valence-electron chi connectivity index (χ1n) is 6.08. The molecule has 0 aromatic heterocycles. The number of aryl methyl sites for hydroxylation is 1. The fourth-order valence-electron chi connectivity index (χ4n) is 1.05. The van der Waals surface area contributed by atoms with E-state index in [0.717, 1.165) is 5.56 Å². The molecule has 0 N–H and O–H groups in total. The third kappa shape index (κ3) is 4.26. The minimum atomic E-state index is -1.79. The van der Waals surface area contributed by atoms with Gasteiger partial charge in [0.2, 0.25) is 8.32 Å². The van der Waals surface area contributed by atoms with Crippen molar-refractivity contribution < 1.29 is 9.46 Å². The predicted octanol–water partition coefficient (Wildman–Crippen LogP) is 4.45. The van der Waals surface area contributed by atoms with Crippen molar-refractivity contribution in [3.05, 3.63) is 35.4 Å². The van der Waals surface area contributed by atoms with Crippen molar-refractivity contribution >= 4 is 8.32 Å². The van der Waals surface area contributed by atoms with Crippen LogP contribution in [0, 0.1) is 6.92 Å². The van der Waals surface area contributed by atoms with Gasteiger partial charge >= 0.3 is 0 Å². The van der Waals surface area contributed by atoms with Crippen molar-refractivity contribution in [3.63, 3.8) is 0 Å². The van der Waals surface area contributed by atoms with E-state index in [1.54, 1.807) is 0 Å². The highest BCUT2D eigenvalue weighted by Gasteiger charge is 2.39. The number of hydrogen-bond acceptors (Lipinski definition) is 2. The highest BCUT2D eigenvalue weighted by molar-refractivity contribution is 6.73. The van der Waals surface area contributed by atoms with Crippen LogP contribution in [0.25, 0.3) is 0 Å². The first-order valence-corrected chi connectivity index (χ1v) is 8.99. The molecule has 0 aliphatic rings. The molecule has 0 aliphatic carbocycles. The van der Waals surface area contributed by atoms with Gasteiger partial charge in [0.05, 0.1) is 0 Å². The van der Waals surface area contributed by atoms with Crippen LogP contribution >= 0.6 is 0 Å². The second-order valence-corrected chi connectivity index (χ2v) is 10.8. The van der Waals surface area contributed by atoms with Gasteiger partial charge in [-0.25, -0.2) is 4.89 Å². The summed E-state index contributed by atoms with van der Waals surface area (Å²) in [5, 5.41) is 0.181. The second-order valence-electron chi connectivity index (χ2n) is 6.09. The van der Waals surface area contributed by atoms with E-state index in [9.17, 15) is 0 Å². The van der Waals surface area contributed by atoms with E-state index >= 15 is 0 Å². The molecule has 0 amide bonds. The Morgan fingerprint density at radius 3 is 2.06 bits per heavy atom. The number of rotatable bonds is 4. The molecule has 0 atom stereocenters. The number of benzene rings is 1. The van der Waals surface area contributed by atoms with E-state index in [4.69, 9.17) is 9.46 Å². The molecule has 0 heterocycles. The Kier molecular flexibility index (Phi) is 4.53. The smallest absolute Gasteiger partial charge is 0.238 e. The monoisotopic (exact) mass is 252 g/mol. The van der Waals surface area contributed by atoms with E-state index in [1.807, 2.05) is 0 Å². The summed E-state index contributed by atoms with van der Waals surface area (Å²) in [7, 11) is -1.79. The van der Waals surface area contributed by atoms with Crippen molar-refractivity contribution in [2.45, 2.75) is 52.4 Å². The van der Waals surface area contributed by atoms with Crippen LogP contribution in [0.1, 0.15) is 31.9 Å². The van der Waals surface area contributed by atoms with E-state index in [-0.39, 0.29) is 5.04 Å². The fraction of sp³-hybridized carbons (Fsp3) is 0.571. The van der Waals surface area contributed by atoms with Crippen molar-refractivity contribution in [1.29, 1.82) is 0 Å². The van der Waals surface area contributed by atoms with Crippen LogP contribution in [0.4, 0.5) is 0 Å². The van der Waals surface area contributed by atoms with Crippen LogP contribution in [0.5, 0.6) is 0 Å². The van der Waals surface area contributed by atoms with Gasteiger partial charge in [-0.05, 0) is 30.6 Å². The fourth-order valence-corrected chi connectivity index (χ4v) is 1.66. The van der Waals surface area contributed by atoms with Crippen molar-refractivity contribution in [1.82, 2.24) is 0 Å². The van der Waals surface area contributed by atoms with Crippen LogP contribution in [0.3, 0.4) is 0 Å². The van der Waals surface area contributed by atoms with Gasteiger partial charge in [0, 0.05) is 0 Å². The predicted molar refractivity (Wildman–Crippen MR) is 74.3 cm³/mol.